The molecule has 0 saturated carbocycles. The molecular weight excluding hydrogens is 673 g/mol. The highest BCUT2D eigenvalue weighted by Crippen LogP contribution is 2.44. The fourth-order valence-electron chi connectivity index (χ4n) is 6.17. The van der Waals surface area contributed by atoms with Gasteiger partial charge >= 0.3 is 5.69 Å². The molecule has 2 heterocycles. The second kappa shape index (κ2) is 12.4. The minimum atomic E-state index is -0.693. The summed E-state index contributed by atoms with van der Waals surface area (Å²) in [6.45, 7) is 7.69. The van der Waals surface area contributed by atoms with Crippen molar-refractivity contribution < 1.29 is 47.9 Å². The number of halogens is 1. The molecule has 1 aliphatic carbocycles. The van der Waals surface area contributed by atoms with Gasteiger partial charge in [-0.3, -0.25) is 20.2 Å². The summed E-state index contributed by atoms with van der Waals surface area (Å²) < 4.78 is 14.8. The van der Waals surface area contributed by atoms with Crippen molar-refractivity contribution in [1.29, 1.82) is 0 Å². The Hall–Kier alpha value is -4.32. The van der Waals surface area contributed by atoms with E-state index in [0.717, 1.165) is 60.8 Å². The Morgan fingerprint density at radius 1 is 1.00 bits per heavy atom. The average molecular weight is 706 g/mol. The van der Waals surface area contributed by atoms with E-state index in [1.54, 1.807) is 12.1 Å². The van der Waals surface area contributed by atoms with Crippen LogP contribution < -0.4 is 33.5 Å². The number of para-hydroxylation sites is 1. The van der Waals surface area contributed by atoms with Crippen LogP contribution in [0.1, 0.15) is 57.6 Å². The topological polar surface area (TPSA) is 108 Å². The lowest BCUT2D eigenvalue weighted by molar-refractivity contribution is -0.437. The van der Waals surface area contributed by atoms with Crippen LogP contribution in [0.5, 0.6) is 17.2 Å². The van der Waals surface area contributed by atoms with Crippen LogP contribution in [-0.2, 0) is 5.41 Å². The van der Waals surface area contributed by atoms with Crippen LogP contribution in [0.4, 0.5) is 17.1 Å². The molecule has 0 saturated heterocycles. The Bertz CT molecular complexity index is 1800. The summed E-state index contributed by atoms with van der Waals surface area (Å²) in [5.74, 6) is 1.67. The highest BCUT2D eigenvalue weighted by molar-refractivity contribution is 6.03. The highest BCUT2D eigenvalue weighted by atomic mass is 127. The van der Waals surface area contributed by atoms with E-state index >= 15 is 0 Å². The molecule has 9 nitrogen and oxygen atoms in total. The van der Waals surface area contributed by atoms with Crippen LogP contribution in [-0.4, -0.2) is 26.7 Å². The molecule has 0 spiro atoms. The third kappa shape index (κ3) is 5.66. The van der Waals surface area contributed by atoms with Crippen LogP contribution in [0.3, 0.4) is 0 Å². The fourth-order valence-corrected chi connectivity index (χ4v) is 6.17. The van der Waals surface area contributed by atoms with Gasteiger partial charge in [-0.1, -0.05) is 25.1 Å². The number of nitro groups is 2. The van der Waals surface area contributed by atoms with Gasteiger partial charge in [-0.15, -0.1) is 0 Å². The van der Waals surface area contributed by atoms with Crippen molar-refractivity contribution in [1.82, 2.24) is 0 Å². The maximum atomic E-state index is 11.6. The first-order valence-corrected chi connectivity index (χ1v) is 14.5. The van der Waals surface area contributed by atoms with Gasteiger partial charge in [0.1, 0.15) is 23.8 Å². The SMILES string of the molecule is CCC[N+]1=C(/C=C/C2=C3Oc4cc(Oc5ccc([N+](=O)[O-])cc5[N+](=O)[O-])ccc4C=C3CCC2)C(C)(C)c2ccccc21.[I-]. The van der Waals surface area contributed by atoms with Crippen molar-refractivity contribution in [2.75, 3.05) is 6.54 Å². The zero-order valence-corrected chi connectivity index (χ0v) is 26.9. The number of nitrogens with zero attached hydrogens (tertiary/aromatic N) is 3. The van der Waals surface area contributed by atoms with Crippen molar-refractivity contribution in [3.8, 4) is 17.2 Å². The molecule has 3 aliphatic rings. The predicted molar refractivity (Wildman–Crippen MR) is 164 cm³/mol. The molecule has 6 rings (SSSR count). The van der Waals surface area contributed by atoms with Crippen LogP contribution in [0.2, 0.25) is 0 Å². The summed E-state index contributed by atoms with van der Waals surface area (Å²) in [5, 5.41) is 22.7. The van der Waals surface area contributed by atoms with Gasteiger partial charge in [0.05, 0.1) is 21.3 Å². The lowest BCUT2D eigenvalue weighted by Gasteiger charge is -2.27. The number of fused-ring (bicyclic) bond motifs is 3. The van der Waals surface area contributed by atoms with Gasteiger partial charge < -0.3 is 33.5 Å². The first-order chi connectivity index (χ1) is 20.7. The number of benzene rings is 3. The van der Waals surface area contributed by atoms with E-state index in [1.807, 2.05) is 6.07 Å². The minimum Gasteiger partial charge on any atom is -1.00 e. The molecule has 3 aromatic carbocycles. The average Bonchev–Trinajstić information content (AvgIpc) is 3.20. The number of allylic oxidation sites excluding steroid dienone is 4. The Morgan fingerprint density at radius 3 is 2.55 bits per heavy atom. The number of non-ortho nitro benzene ring substituents is 1. The molecule has 0 aromatic heterocycles. The van der Waals surface area contributed by atoms with Crippen molar-refractivity contribution >= 4 is 28.8 Å². The zero-order chi connectivity index (χ0) is 30.3. The quantitative estimate of drug-likeness (QED) is 0.132. The summed E-state index contributed by atoms with van der Waals surface area (Å²) >= 11 is 0. The first kappa shape index (κ1) is 31.1. The monoisotopic (exact) mass is 705 g/mol. The van der Waals surface area contributed by atoms with Gasteiger partial charge in [-0.05, 0) is 74.6 Å². The Morgan fingerprint density at radius 2 is 1.80 bits per heavy atom. The van der Waals surface area contributed by atoms with E-state index in [2.05, 4.69) is 67.8 Å². The van der Waals surface area contributed by atoms with Gasteiger partial charge in [0.2, 0.25) is 11.4 Å². The predicted octanol–water partition coefficient (Wildman–Crippen LogP) is 5.56. The van der Waals surface area contributed by atoms with E-state index in [4.69, 9.17) is 9.47 Å². The molecule has 2 aliphatic heterocycles. The first-order valence-electron chi connectivity index (χ1n) is 14.5. The molecule has 0 atom stereocenters. The summed E-state index contributed by atoms with van der Waals surface area (Å²) in [6.07, 6.45) is 10.4. The molecule has 0 fully saturated rings. The molecule has 3 aromatic rings. The number of nitro benzene ring substituents is 2. The van der Waals surface area contributed by atoms with Gasteiger partial charge in [0.15, 0.2) is 5.71 Å². The van der Waals surface area contributed by atoms with E-state index in [9.17, 15) is 20.2 Å². The van der Waals surface area contributed by atoms with Crippen molar-refractivity contribution in [2.45, 2.75) is 51.9 Å². The maximum Gasteiger partial charge on any atom is 0.318 e. The third-order valence-corrected chi connectivity index (χ3v) is 8.27. The second-order valence-electron chi connectivity index (χ2n) is 11.5. The molecule has 0 radical (unpaired) electrons. The standard InChI is InChI=1S/C34H32N3O6.HI/c1-4-18-35-28-11-6-5-10-27(28)34(2,3)32(35)17-13-22-8-7-9-24-19-23-12-15-26(21-31(23)43-33(22)24)42-30-16-14-25(36(38)39)20-29(30)37(40)41;/h5-6,10-17,19-21H,4,7-9,18H2,1-3H3;1H/q+1;/p-1/b17-13+;. The normalized spacial score (nSPS) is 16.4. The largest absolute Gasteiger partial charge is 1.00 e. The van der Waals surface area contributed by atoms with Crippen molar-refractivity contribution in [3.05, 3.63) is 121 Å². The van der Waals surface area contributed by atoms with E-state index < -0.39 is 15.5 Å². The van der Waals surface area contributed by atoms with Crippen LogP contribution >= 0.6 is 0 Å². The lowest BCUT2D eigenvalue weighted by atomic mass is 9.81. The molecule has 226 valence electrons. The summed E-state index contributed by atoms with van der Waals surface area (Å²) in [6, 6.07) is 17.2. The number of hydrogen-bond donors (Lipinski definition) is 0. The molecule has 44 heavy (non-hydrogen) atoms. The van der Waals surface area contributed by atoms with Gasteiger partial charge in [0, 0.05) is 41.8 Å². The van der Waals surface area contributed by atoms with Crippen molar-refractivity contribution in [2.24, 2.45) is 0 Å². The third-order valence-electron chi connectivity index (χ3n) is 8.27. The Balaban J connectivity index is 0.00000384. The molecular formula is C34H32IN3O6. The number of rotatable bonds is 8. The number of ether oxygens (including phenoxy) is 2. The fraction of sp³-hybridized carbons (Fsp3) is 0.265. The Kier molecular flexibility index (Phi) is 8.73. The van der Waals surface area contributed by atoms with Gasteiger partial charge in [0.25, 0.3) is 5.69 Å². The van der Waals surface area contributed by atoms with E-state index in [0.29, 0.717) is 11.5 Å². The van der Waals surface area contributed by atoms with Crippen LogP contribution in [0.15, 0.2) is 89.7 Å². The molecule has 0 N–H and O–H groups in total. The second-order valence-corrected chi connectivity index (χ2v) is 11.5. The molecule has 10 heteroatoms. The molecule has 0 amide bonds. The minimum absolute atomic E-state index is 0. The van der Waals surface area contributed by atoms with E-state index in [1.165, 1.54) is 29.1 Å². The highest BCUT2D eigenvalue weighted by Gasteiger charge is 2.43. The summed E-state index contributed by atoms with van der Waals surface area (Å²) in [5.41, 5.74) is 6.02. The van der Waals surface area contributed by atoms with Crippen molar-refractivity contribution in [3.63, 3.8) is 0 Å². The maximum absolute atomic E-state index is 11.6. The van der Waals surface area contributed by atoms with Crippen LogP contribution in [0.25, 0.3) is 6.08 Å². The van der Waals surface area contributed by atoms with Gasteiger partial charge in [-0.25, -0.2) is 0 Å². The zero-order valence-electron chi connectivity index (χ0n) is 24.7. The summed E-state index contributed by atoms with van der Waals surface area (Å²) in [7, 11) is 0. The smallest absolute Gasteiger partial charge is 0.318 e. The molecule has 0 unspecified atom stereocenters. The van der Waals surface area contributed by atoms with E-state index in [-0.39, 0.29) is 40.8 Å². The lowest BCUT2D eigenvalue weighted by Crippen LogP contribution is -3.00. The van der Waals surface area contributed by atoms with Gasteiger partial charge in [-0.2, -0.15) is 4.58 Å². The summed E-state index contributed by atoms with van der Waals surface area (Å²) in [4.78, 5) is 21.3. The number of hydrogen-bond acceptors (Lipinski definition) is 6. The molecule has 0 bridgehead atoms. The van der Waals surface area contributed by atoms with Crippen LogP contribution in [0, 0.1) is 20.2 Å². The Labute approximate surface area is 272 Å².